The number of nitrogens with zero attached hydrogens (tertiary/aromatic N) is 1. The number of carbonyl (C=O) groups excluding carboxylic acids is 2. The second-order valence-corrected chi connectivity index (χ2v) is 7.70. The van der Waals surface area contributed by atoms with Crippen molar-refractivity contribution in [2.24, 2.45) is 0 Å². The molecular weight excluding hydrogens is 410 g/mol. The van der Waals surface area contributed by atoms with Gasteiger partial charge >= 0.3 is 6.03 Å². The van der Waals surface area contributed by atoms with E-state index < -0.39 is 6.04 Å². The van der Waals surface area contributed by atoms with Crippen LogP contribution in [0.5, 0.6) is 17.2 Å². The van der Waals surface area contributed by atoms with Crippen LogP contribution in [0.1, 0.15) is 23.6 Å². The van der Waals surface area contributed by atoms with Gasteiger partial charge in [0.1, 0.15) is 0 Å². The summed E-state index contributed by atoms with van der Waals surface area (Å²) < 4.78 is 16.3. The van der Waals surface area contributed by atoms with Gasteiger partial charge in [0.05, 0.1) is 45.2 Å². The minimum absolute atomic E-state index is 0.0840. The van der Waals surface area contributed by atoms with Crippen LogP contribution in [0, 0.1) is 0 Å². The fraction of sp³-hybridized carbons (Fsp3) is 0.333. The van der Waals surface area contributed by atoms with Gasteiger partial charge in [0.25, 0.3) is 5.91 Å². The van der Waals surface area contributed by atoms with Gasteiger partial charge in [0.15, 0.2) is 11.5 Å². The molecule has 2 heterocycles. The van der Waals surface area contributed by atoms with Crippen molar-refractivity contribution >= 4 is 11.9 Å². The SMILES string of the molecule is COc1cc([C@H]2NC(=O)NC3=C2C(=O)N(CCCc2ccccc2)C3)cc(OC)c1OC. The molecule has 0 radical (unpaired) electrons. The number of carbonyl (C=O) groups is 2. The number of aryl methyl sites for hydroxylation is 1. The summed E-state index contributed by atoms with van der Waals surface area (Å²) in [5.41, 5.74) is 3.10. The molecule has 0 bridgehead atoms. The number of nitrogens with one attached hydrogen (secondary N) is 2. The molecule has 8 nitrogen and oxygen atoms in total. The van der Waals surface area contributed by atoms with Gasteiger partial charge in [-0.2, -0.15) is 0 Å². The molecule has 2 aromatic carbocycles. The van der Waals surface area contributed by atoms with Crippen LogP contribution in [-0.2, 0) is 11.2 Å². The Balaban J connectivity index is 1.56. The van der Waals surface area contributed by atoms with Crippen LogP contribution < -0.4 is 24.8 Å². The summed E-state index contributed by atoms with van der Waals surface area (Å²) >= 11 is 0. The Morgan fingerprint density at radius 3 is 2.31 bits per heavy atom. The van der Waals surface area contributed by atoms with Crippen molar-refractivity contribution in [1.29, 1.82) is 0 Å². The molecule has 2 aromatic rings. The van der Waals surface area contributed by atoms with Gasteiger partial charge < -0.3 is 29.7 Å². The average molecular weight is 437 g/mol. The van der Waals surface area contributed by atoms with E-state index in [9.17, 15) is 9.59 Å². The van der Waals surface area contributed by atoms with Gasteiger partial charge in [-0.3, -0.25) is 4.79 Å². The third kappa shape index (κ3) is 4.08. The van der Waals surface area contributed by atoms with Crippen LogP contribution in [0.4, 0.5) is 4.79 Å². The zero-order chi connectivity index (χ0) is 22.7. The van der Waals surface area contributed by atoms with E-state index in [4.69, 9.17) is 14.2 Å². The molecule has 2 aliphatic heterocycles. The lowest BCUT2D eigenvalue weighted by Gasteiger charge is -2.26. The topological polar surface area (TPSA) is 89.1 Å². The lowest BCUT2D eigenvalue weighted by atomic mass is 9.95. The molecule has 2 aliphatic rings. The average Bonchev–Trinajstić information content (AvgIpc) is 3.13. The highest BCUT2D eigenvalue weighted by Crippen LogP contribution is 2.42. The summed E-state index contributed by atoms with van der Waals surface area (Å²) in [6, 6.07) is 12.7. The Morgan fingerprint density at radius 2 is 1.69 bits per heavy atom. The third-order valence-electron chi connectivity index (χ3n) is 5.78. The third-order valence-corrected chi connectivity index (χ3v) is 5.78. The molecular formula is C24H27N3O5. The van der Waals surface area contributed by atoms with Gasteiger partial charge in [-0.05, 0) is 36.1 Å². The van der Waals surface area contributed by atoms with Gasteiger partial charge in [-0.1, -0.05) is 30.3 Å². The molecule has 8 heteroatoms. The van der Waals surface area contributed by atoms with Crippen LogP contribution in [0.25, 0.3) is 0 Å². The summed E-state index contributed by atoms with van der Waals surface area (Å²) in [6.45, 7) is 0.996. The standard InChI is InChI=1S/C24H27N3O5/c1-30-18-12-16(13-19(31-2)22(18)32-3)21-20-17(25-24(29)26-21)14-27(23(20)28)11-7-10-15-8-5-4-6-9-15/h4-6,8-9,12-13,21H,7,10-11,14H2,1-3H3,(H2,25,26,29)/t21-/m1/s1. The number of methoxy groups -OCH3 is 3. The number of amides is 3. The van der Waals surface area contributed by atoms with Crippen molar-refractivity contribution in [1.82, 2.24) is 15.5 Å². The normalized spacial score (nSPS) is 17.6. The first-order valence-corrected chi connectivity index (χ1v) is 10.5. The van der Waals surface area contributed by atoms with Crippen molar-refractivity contribution in [2.45, 2.75) is 18.9 Å². The predicted octanol–water partition coefficient (Wildman–Crippen LogP) is 2.80. The van der Waals surface area contributed by atoms with Crippen LogP contribution in [0.15, 0.2) is 53.7 Å². The Labute approximate surface area is 187 Å². The van der Waals surface area contributed by atoms with Crippen LogP contribution in [0.3, 0.4) is 0 Å². The van der Waals surface area contributed by atoms with E-state index in [1.54, 1.807) is 17.0 Å². The van der Waals surface area contributed by atoms with E-state index in [1.165, 1.54) is 26.9 Å². The first-order valence-electron chi connectivity index (χ1n) is 10.5. The minimum Gasteiger partial charge on any atom is -0.493 e. The van der Waals surface area contributed by atoms with E-state index in [0.29, 0.717) is 47.2 Å². The molecule has 0 unspecified atom stereocenters. The lowest BCUT2D eigenvalue weighted by Crippen LogP contribution is -2.44. The molecule has 0 aromatic heterocycles. The van der Waals surface area contributed by atoms with Crippen LogP contribution >= 0.6 is 0 Å². The summed E-state index contributed by atoms with van der Waals surface area (Å²) in [5.74, 6) is 1.29. The van der Waals surface area contributed by atoms with E-state index in [0.717, 1.165) is 12.8 Å². The highest BCUT2D eigenvalue weighted by atomic mass is 16.5. The zero-order valence-electron chi connectivity index (χ0n) is 18.4. The lowest BCUT2D eigenvalue weighted by molar-refractivity contribution is -0.125. The molecule has 0 fully saturated rings. The minimum atomic E-state index is -0.612. The number of benzene rings is 2. The molecule has 2 N–H and O–H groups in total. The van der Waals surface area contributed by atoms with Crippen LogP contribution in [-0.4, -0.2) is 51.3 Å². The number of rotatable bonds is 8. The molecule has 4 rings (SSSR count). The van der Waals surface area contributed by atoms with Crippen LogP contribution in [0.2, 0.25) is 0 Å². The molecule has 1 atom stereocenters. The largest absolute Gasteiger partial charge is 0.493 e. The Bertz CT molecular complexity index is 1030. The van der Waals surface area contributed by atoms with E-state index in [1.807, 2.05) is 18.2 Å². The van der Waals surface area contributed by atoms with Gasteiger partial charge in [0.2, 0.25) is 5.75 Å². The van der Waals surface area contributed by atoms with Crippen molar-refractivity contribution in [3.05, 3.63) is 64.9 Å². The smallest absolute Gasteiger partial charge is 0.319 e. The maximum atomic E-state index is 13.3. The van der Waals surface area contributed by atoms with Gasteiger partial charge in [-0.25, -0.2) is 4.79 Å². The Hall–Kier alpha value is -3.68. The summed E-state index contributed by atoms with van der Waals surface area (Å²) in [7, 11) is 4.59. The van der Waals surface area contributed by atoms with E-state index in [2.05, 4.69) is 22.8 Å². The van der Waals surface area contributed by atoms with Gasteiger partial charge in [-0.15, -0.1) is 0 Å². The van der Waals surface area contributed by atoms with E-state index in [-0.39, 0.29) is 11.9 Å². The Kier molecular flexibility index (Phi) is 6.20. The molecule has 0 saturated carbocycles. The zero-order valence-corrected chi connectivity index (χ0v) is 18.4. The van der Waals surface area contributed by atoms with Crippen molar-refractivity contribution in [2.75, 3.05) is 34.4 Å². The van der Waals surface area contributed by atoms with Gasteiger partial charge in [0, 0.05) is 6.54 Å². The second-order valence-electron chi connectivity index (χ2n) is 7.70. The highest BCUT2D eigenvalue weighted by Gasteiger charge is 2.40. The second kappa shape index (κ2) is 9.21. The fourth-order valence-corrected chi connectivity index (χ4v) is 4.25. The van der Waals surface area contributed by atoms with Crippen molar-refractivity contribution in [3.8, 4) is 17.2 Å². The number of hydrogen-bond donors (Lipinski definition) is 2. The Morgan fingerprint density at radius 1 is 1.00 bits per heavy atom. The molecule has 168 valence electrons. The number of hydrogen-bond acceptors (Lipinski definition) is 5. The fourth-order valence-electron chi connectivity index (χ4n) is 4.25. The summed E-state index contributed by atoms with van der Waals surface area (Å²) in [6.07, 6.45) is 1.72. The molecule has 0 spiro atoms. The summed E-state index contributed by atoms with van der Waals surface area (Å²) in [4.78, 5) is 27.4. The van der Waals surface area contributed by atoms with E-state index >= 15 is 0 Å². The van der Waals surface area contributed by atoms with Crippen molar-refractivity contribution < 1.29 is 23.8 Å². The first-order chi connectivity index (χ1) is 15.5. The first kappa shape index (κ1) is 21.5. The predicted molar refractivity (Wildman–Crippen MR) is 119 cm³/mol. The maximum absolute atomic E-state index is 13.3. The molecule has 32 heavy (non-hydrogen) atoms. The monoisotopic (exact) mass is 437 g/mol. The maximum Gasteiger partial charge on any atom is 0.319 e. The molecule has 3 amide bonds. The molecule has 0 saturated heterocycles. The number of ether oxygens (including phenoxy) is 3. The van der Waals surface area contributed by atoms with Crippen molar-refractivity contribution in [3.63, 3.8) is 0 Å². The number of urea groups is 1. The molecule has 0 aliphatic carbocycles. The highest BCUT2D eigenvalue weighted by molar-refractivity contribution is 6.01. The summed E-state index contributed by atoms with van der Waals surface area (Å²) in [5, 5.41) is 5.68. The quantitative estimate of drug-likeness (QED) is 0.663.